The summed E-state index contributed by atoms with van der Waals surface area (Å²) in [6, 6.07) is 3.13. The molecule has 12 heteroatoms. The number of nitrogens with one attached hydrogen (secondary N) is 1. The number of benzene rings is 2. The third kappa shape index (κ3) is 5.28. The molecule has 10 nitrogen and oxygen atoms in total. The van der Waals surface area contributed by atoms with E-state index in [2.05, 4.69) is 16.8 Å². The predicted octanol–water partition coefficient (Wildman–Crippen LogP) is -5.25. The van der Waals surface area contributed by atoms with E-state index in [0.717, 1.165) is 0 Å². The van der Waals surface area contributed by atoms with Crippen molar-refractivity contribution in [3.05, 3.63) is 17.7 Å². The van der Waals surface area contributed by atoms with Gasteiger partial charge in [0.2, 0.25) is 23.0 Å². The summed E-state index contributed by atoms with van der Waals surface area (Å²) in [5, 5.41) is 2.80. The fourth-order valence-electron chi connectivity index (χ4n) is 2.94. The molecular formula is C19H27Cl2N3O7. The molecule has 2 aromatic rings. The highest BCUT2D eigenvalue weighted by atomic mass is 35.5. The van der Waals surface area contributed by atoms with E-state index in [1.165, 1.54) is 48.7 Å². The van der Waals surface area contributed by atoms with Gasteiger partial charge < -0.3 is 70.0 Å². The van der Waals surface area contributed by atoms with Crippen molar-refractivity contribution in [3.8, 4) is 34.5 Å². The van der Waals surface area contributed by atoms with Crippen LogP contribution in [0.5, 0.6) is 34.5 Å². The molecule has 0 heterocycles. The van der Waals surface area contributed by atoms with Gasteiger partial charge in [-0.05, 0) is 0 Å². The Morgan fingerprint density at radius 3 is 1.52 bits per heavy atom. The van der Waals surface area contributed by atoms with E-state index in [9.17, 15) is 4.79 Å². The summed E-state index contributed by atoms with van der Waals surface area (Å²) in [6.07, 6.45) is 0. The second-order valence-electron chi connectivity index (χ2n) is 5.80. The lowest BCUT2D eigenvalue weighted by molar-refractivity contribution is -0.257. The number of anilines is 1. The Morgan fingerprint density at radius 2 is 1.10 bits per heavy atom. The van der Waals surface area contributed by atoms with Crippen molar-refractivity contribution in [2.24, 2.45) is 0 Å². The molecule has 1 amide bonds. The maximum atomic E-state index is 13.0. The Hall–Kier alpha value is -2.79. The molecular weight excluding hydrogens is 453 g/mol. The zero-order valence-electron chi connectivity index (χ0n) is 18.2. The highest BCUT2D eigenvalue weighted by molar-refractivity contribution is 6.09. The van der Waals surface area contributed by atoms with Crippen LogP contribution in [-0.4, -0.2) is 48.6 Å². The first-order valence-corrected chi connectivity index (χ1v) is 8.49. The number of ether oxygens (including phenoxy) is 6. The monoisotopic (exact) mass is 479 g/mol. The number of carbonyl (C=O) groups is 1. The van der Waals surface area contributed by atoms with E-state index < -0.39 is 5.91 Å². The second-order valence-corrected chi connectivity index (χ2v) is 5.80. The van der Waals surface area contributed by atoms with Crippen LogP contribution in [0, 0.1) is 0 Å². The highest BCUT2D eigenvalue weighted by Crippen LogP contribution is 2.46. The third-order valence-electron chi connectivity index (χ3n) is 4.36. The van der Waals surface area contributed by atoms with Gasteiger partial charge in [-0.1, -0.05) is 0 Å². The quantitative estimate of drug-likeness (QED) is 0.343. The molecule has 7 N–H and O–H groups in total. The number of quaternary nitrogens is 2. The smallest absolute Gasteiger partial charge is 0.262 e. The molecule has 0 fully saturated rings. The standard InChI is InChI=1S/C19H25N3O7.2ClH/c1-24-11-7-9(13(20)17(28-5)15(11)26-3)19(23)22-10-8-12(25-2)16(27-4)18(29-6)14(10)21;;/h7-8H,20-21H2,1-6H3,(H,22,23);2*1H. The molecule has 0 radical (unpaired) electrons. The molecule has 31 heavy (non-hydrogen) atoms. The first-order valence-electron chi connectivity index (χ1n) is 8.49. The van der Waals surface area contributed by atoms with Gasteiger partial charge in [0.1, 0.15) is 11.3 Å². The topological polar surface area (TPSA) is 140 Å². The summed E-state index contributed by atoms with van der Waals surface area (Å²) in [5.41, 5.74) is 9.33. The lowest BCUT2D eigenvalue weighted by Gasteiger charge is -2.17. The normalized spacial score (nSPS) is 9.55. The summed E-state index contributed by atoms with van der Waals surface area (Å²) in [6.45, 7) is 0. The zero-order chi connectivity index (χ0) is 21.7. The van der Waals surface area contributed by atoms with Gasteiger partial charge in [-0.2, -0.15) is 0 Å². The van der Waals surface area contributed by atoms with Crippen molar-refractivity contribution in [1.82, 2.24) is 0 Å². The molecule has 0 saturated carbocycles. The van der Waals surface area contributed by atoms with Crippen LogP contribution >= 0.6 is 0 Å². The molecule has 0 spiro atoms. The minimum Gasteiger partial charge on any atom is -1.00 e. The van der Waals surface area contributed by atoms with Crippen molar-refractivity contribution in [1.29, 1.82) is 0 Å². The molecule has 2 rings (SSSR count). The first-order chi connectivity index (χ1) is 13.9. The van der Waals surface area contributed by atoms with Gasteiger partial charge in [0, 0.05) is 12.1 Å². The van der Waals surface area contributed by atoms with Gasteiger partial charge in [-0.3, -0.25) is 4.79 Å². The van der Waals surface area contributed by atoms with Gasteiger partial charge in [0.15, 0.2) is 22.9 Å². The largest absolute Gasteiger partial charge is 1.00 e. The second kappa shape index (κ2) is 12.2. The molecule has 0 unspecified atom stereocenters. The van der Waals surface area contributed by atoms with E-state index in [0.29, 0.717) is 51.6 Å². The molecule has 0 aliphatic carbocycles. The lowest BCUT2D eigenvalue weighted by Crippen LogP contribution is -3.00. The van der Waals surface area contributed by atoms with Gasteiger partial charge in [-0.25, -0.2) is 0 Å². The molecule has 0 aliphatic heterocycles. The van der Waals surface area contributed by atoms with E-state index in [1.807, 2.05) is 0 Å². The average molecular weight is 480 g/mol. The van der Waals surface area contributed by atoms with E-state index in [-0.39, 0.29) is 30.4 Å². The van der Waals surface area contributed by atoms with Gasteiger partial charge in [-0.15, -0.1) is 0 Å². The van der Waals surface area contributed by atoms with Crippen molar-refractivity contribution in [3.63, 3.8) is 0 Å². The fraction of sp³-hybridized carbons (Fsp3) is 0.316. The molecule has 0 bridgehead atoms. The summed E-state index contributed by atoms with van der Waals surface area (Å²) >= 11 is 0. The fourth-order valence-corrected chi connectivity index (χ4v) is 2.94. The number of methoxy groups -OCH3 is 6. The number of carbonyl (C=O) groups excluding carboxylic acids is 1. The minimum absolute atomic E-state index is 0. The number of halogens is 2. The van der Waals surface area contributed by atoms with Crippen LogP contribution in [0.25, 0.3) is 0 Å². The van der Waals surface area contributed by atoms with Crippen molar-refractivity contribution in [2.45, 2.75) is 0 Å². The van der Waals surface area contributed by atoms with Crippen LogP contribution in [0.4, 0.5) is 17.1 Å². The van der Waals surface area contributed by atoms with Crippen LogP contribution in [-0.2, 0) is 0 Å². The van der Waals surface area contributed by atoms with Gasteiger partial charge in [0.05, 0.1) is 42.7 Å². The minimum atomic E-state index is -0.451. The Balaban J connectivity index is 0.00000450. The number of rotatable bonds is 8. The van der Waals surface area contributed by atoms with Crippen molar-refractivity contribution < 1.29 is 69.5 Å². The van der Waals surface area contributed by atoms with Crippen molar-refractivity contribution >= 4 is 23.0 Å². The molecule has 0 aromatic heterocycles. The maximum Gasteiger partial charge on any atom is 0.262 e. The molecule has 0 atom stereocenters. The third-order valence-corrected chi connectivity index (χ3v) is 4.36. The summed E-state index contributed by atoms with van der Waals surface area (Å²) in [5.74, 6) is 1.64. The SMILES string of the molecule is COc1cc(NC(=O)c2cc(OC)c(OC)c(OC)c2[NH3+])c([NH3+])c(OC)c1OC.[Cl-].[Cl-]. The molecule has 0 aliphatic rings. The summed E-state index contributed by atoms with van der Waals surface area (Å²) in [4.78, 5) is 13.0. The molecule has 174 valence electrons. The molecule has 2 aromatic carbocycles. The van der Waals surface area contributed by atoms with Crippen LogP contribution < -0.4 is 70.0 Å². The van der Waals surface area contributed by atoms with Crippen LogP contribution in [0.2, 0.25) is 0 Å². The number of hydrogen-bond donors (Lipinski definition) is 3. The Bertz CT molecular complexity index is 926. The first kappa shape index (κ1) is 28.2. The summed E-state index contributed by atoms with van der Waals surface area (Å²) < 4.78 is 32.0. The van der Waals surface area contributed by atoms with Crippen LogP contribution in [0.3, 0.4) is 0 Å². The zero-order valence-corrected chi connectivity index (χ0v) is 19.7. The Labute approximate surface area is 192 Å². The van der Waals surface area contributed by atoms with Gasteiger partial charge in [0.25, 0.3) is 5.91 Å². The Morgan fingerprint density at radius 1 is 0.677 bits per heavy atom. The van der Waals surface area contributed by atoms with Gasteiger partial charge >= 0.3 is 0 Å². The van der Waals surface area contributed by atoms with Crippen LogP contribution in [0.1, 0.15) is 10.4 Å². The van der Waals surface area contributed by atoms with E-state index in [4.69, 9.17) is 28.4 Å². The molecule has 0 saturated heterocycles. The lowest BCUT2D eigenvalue weighted by atomic mass is 10.1. The summed E-state index contributed by atoms with van der Waals surface area (Å²) in [7, 11) is 8.85. The Kier molecular flexibility index (Phi) is 11.1. The number of hydrogen-bond acceptors (Lipinski definition) is 7. The predicted molar refractivity (Wildman–Crippen MR) is 105 cm³/mol. The maximum absolute atomic E-state index is 13.0. The van der Waals surface area contributed by atoms with E-state index >= 15 is 0 Å². The average Bonchev–Trinajstić information content (AvgIpc) is 2.73. The van der Waals surface area contributed by atoms with E-state index in [1.54, 1.807) is 6.07 Å². The number of amides is 1. The van der Waals surface area contributed by atoms with Crippen molar-refractivity contribution in [2.75, 3.05) is 48.0 Å². The van der Waals surface area contributed by atoms with Crippen LogP contribution in [0.15, 0.2) is 12.1 Å². The highest BCUT2D eigenvalue weighted by Gasteiger charge is 2.28.